The predicted octanol–water partition coefficient (Wildman–Crippen LogP) is 4.13. The molecule has 1 aliphatic heterocycles. The molecule has 3 rings (SSSR count). The maximum atomic E-state index is 12.9. The Balaban J connectivity index is 1.50. The van der Waals surface area contributed by atoms with Gasteiger partial charge in [0.05, 0.1) is 13.0 Å². The molecule has 5 heteroatoms. The molecule has 0 saturated carbocycles. The van der Waals surface area contributed by atoms with Crippen LogP contribution in [0.15, 0.2) is 54.6 Å². The summed E-state index contributed by atoms with van der Waals surface area (Å²) < 4.78 is 5.64. The van der Waals surface area contributed by atoms with E-state index in [-0.39, 0.29) is 17.2 Å². The SMILES string of the molecule is CC(C)(C)c1ccc(C(=O)N2CCCN(C(=O)CCOc3ccccc3)CC2)cc1. The number of para-hydroxylation sites is 1. The van der Waals surface area contributed by atoms with Crippen molar-refractivity contribution in [1.29, 1.82) is 0 Å². The molecule has 2 amide bonds. The van der Waals surface area contributed by atoms with E-state index in [1.165, 1.54) is 5.56 Å². The summed E-state index contributed by atoms with van der Waals surface area (Å²) in [5, 5.41) is 0. The second-order valence-electron chi connectivity index (χ2n) is 8.77. The Bertz CT molecular complexity index is 841. The minimum atomic E-state index is 0.0390. The van der Waals surface area contributed by atoms with Crippen molar-refractivity contribution in [3.8, 4) is 5.75 Å². The number of hydrogen-bond donors (Lipinski definition) is 0. The molecule has 0 N–H and O–H groups in total. The Labute approximate surface area is 179 Å². The van der Waals surface area contributed by atoms with Gasteiger partial charge >= 0.3 is 0 Å². The molecule has 1 fully saturated rings. The summed E-state index contributed by atoms with van der Waals surface area (Å²) in [5.74, 6) is 0.891. The van der Waals surface area contributed by atoms with Crippen LogP contribution in [-0.4, -0.2) is 54.4 Å². The lowest BCUT2D eigenvalue weighted by Gasteiger charge is -2.23. The van der Waals surface area contributed by atoms with Gasteiger partial charge in [0.15, 0.2) is 0 Å². The standard InChI is InChI=1S/C25H32N2O3/c1-25(2,3)21-12-10-20(11-13-21)24(29)27-16-7-15-26(17-18-27)23(28)14-19-30-22-8-5-4-6-9-22/h4-6,8-13H,7,14-19H2,1-3H3. The summed E-state index contributed by atoms with van der Waals surface area (Å²) in [7, 11) is 0. The van der Waals surface area contributed by atoms with Gasteiger partial charge in [0.25, 0.3) is 5.91 Å². The summed E-state index contributed by atoms with van der Waals surface area (Å²) in [4.78, 5) is 29.2. The van der Waals surface area contributed by atoms with E-state index in [4.69, 9.17) is 4.74 Å². The van der Waals surface area contributed by atoms with Gasteiger partial charge < -0.3 is 14.5 Å². The third-order valence-electron chi connectivity index (χ3n) is 5.46. The van der Waals surface area contributed by atoms with Crippen LogP contribution >= 0.6 is 0 Å². The third kappa shape index (κ3) is 5.85. The van der Waals surface area contributed by atoms with Crippen molar-refractivity contribution >= 4 is 11.8 Å². The summed E-state index contributed by atoms with van der Waals surface area (Å²) in [6, 6.07) is 17.4. The first-order valence-corrected chi connectivity index (χ1v) is 10.7. The van der Waals surface area contributed by atoms with Crippen LogP contribution in [0.3, 0.4) is 0 Å². The predicted molar refractivity (Wildman–Crippen MR) is 119 cm³/mol. The Hall–Kier alpha value is -2.82. The molecule has 30 heavy (non-hydrogen) atoms. The molecule has 1 saturated heterocycles. The lowest BCUT2D eigenvalue weighted by atomic mass is 9.86. The molecular formula is C25H32N2O3. The van der Waals surface area contributed by atoms with E-state index in [0.717, 1.165) is 12.2 Å². The highest BCUT2D eigenvalue weighted by molar-refractivity contribution is 5.94. The number of amides is 2. The average Bonchev–Trinajstić information content (AvgIpc) is 3.00. The Morgan fingerprint density at radius 3 is 2.17 bits per heavy atom. The molecule has 2 aromatic carbocycles. The van der Waals surface area contributed by atoms with Crippen molar-refractivity contribution in [2.75, 3.05) is 32.8 Å². The maximum Gasteiger partial charge on any atom is 0.253 e. The zero-order valence-electron chi connectivity index (χ0n) is 18.3. The zero-order valence-corrected chi connectivity index (χ0v) is 18.3. The Morgan fingerprint density at radius 1 is 0.867 bits per heavy atom. The van der Waals surface area contributed by atoms with Gasteiger partial charge in [-0.2, -0.15) is 0 Å². The van der Waals surface area contributed by atoms with Gasteiger partial charge in [-0.3, -0.25) is 9.59 Å². The molecule has 0 spiro atoms. The normalized spacial score (nSPS) is 14.9. The molecule has 1 aliphatic rings. The van der Waals surface area contributed by atoms with E-state index in [1.54, 1.807) is 0 Å². The number of rotatable bonds is 5. The van der Waals surface area contributed by atoms with E-state index in [2.05, 4.69) is 20.8 Å². The maximum absolute atomic E-state index is 12.9. The zero-order chi connectivity index (χ0) is 21.6. The minimum Gasteiger partial charge on any atom is -0.493 e. The van der Waals surface area contributed by atoms with E-state index in [1.807, 2.05) is 64.4 Å². The van der Waals surface area contributed by atoms with Crippen LogP contribution in [0.2, 0.25) is 0 Å². The third-order valence-corrected chi connectivity index (χ3v) is 5.46. The quantitative estimate of drug-likeness (QED) is 0.748. The molecule has 0 bridgehead atoms. The first-order chi connectivity index (χ1) is 14.3. The lowest BCUT2D eigenvalue weighted by Crippen LogP contribution is -2.37. The van der Waals surface area contributed by atoms with Gasteiger partial charge in [0.2, 0.25) is 5.91 Å². The monoisotopic (exact) mass is 408 g/mol. The molecule has 0 aromatic heterocycles. The molecular weight excluding hydrogens is 376 g/mol. The van der Waals surface area contributed by atoms with Crippen LogP contribution in [0.5, 0.6) is 5.75 Å². The number of carbonyl (C=O) groups excluding carboxylic acids is 2. The second-order valence-corrected chi connectivity index (χ2v) is 8.77. The van der Waals surface area contributed by atoms with Crippen molar-refractivity contribution in [3.63, 3.8) is 0 Å². The highest BCUT2D eigenvalue weighted by atomic mass is 16.5. The second kappa shape index (κ2) is 9.79. The van der Waals surface area contributed by atoms with E-state index in [9.17, 15) is 9.59 Å². The number of nitrogens with zero attached hydrogens (tertiary/aromatic N) is 2. The highest BCUT2D eigenvalue weighted by Gasteiger charge is 2.23. The lowest BCUT2D eigenvalue weighted by molar-refractivity contribution is -0.131. The van der Waals surface area contributed by atoms with E-state index >= 15 is 0 Å². The minimum absolute atomic E-state index is 0.0390. The van der Waals surface area contributed by atoms with Crippen LogP contribution in [0, 0.1) is 0 Å². The Kier molecular flexibility index (Phi) is 7.14. The van der Waals surface area contributed by atoms with Crippen molar-refractivity contribution in [2.24, 2.45) is 0 Å². The number of ether oxygens (including phenoxy) is 1. The van der Waals surface area contributed by atoms with Crippen molar-refractivity contribution in [3.05, 3.63) is 65.7 Å². The molecule has 1 heterocycles. The Morgan fingerprint density at radius 2 is 1.50 bits per heavy atom. The summed E-state index contributed by atoms with van der Waals surface area (Å²) in [6.45, 7) is 9.32. The summed E-state index contributed by atoms with van der Waals surface area (Å²) in [5.41, 5.74) is 1.98. The van der Waals surface area contributed by atoms with Gasteiger partial charge in [0.1, 0.15) is 5.75 Å². The van der Waals surface area contributed by atoms with Gasteiger partial charge in [-0.25, -0.2) is 0 Å². The average molecular weight is 409 g/mol. The molecule has 0 atom stereocenters. The van der Waals surface area contributed by atoms with Gasteiger partial charge in [0, 0.05) is 31.7 Å². The fourth-order valence-corrected chi connectivity index (χ4v) is 3.60. The smallest absolute Gasteiger partial charge is 0.253 e. The molecule has 2 aromatic rings. The van der Waals surface area contributed by atoms with Gasteiger partial charge in [-0.1, -0.05) is 51.1 Å². The van der Waals surface area contributed by atoms with Gasteiger partial charge in [-0.15, -0.1) is 0 Å². The van der Waals surface area contributed by atoms with Crippen LogP contribution < -0.4 is 4.74 Å². The fourth-order valence-electron chi connectivity index (χ4n) is 3.60. The van der Waals surface area contributed by atoms with Gasteiger partial charge in [-0.05, 0) is 41.7 Å². The van der Waals surface area contributed by atoms with Crippen LogP contribution in [-0.2, 0) is 10.2 Å². The van der Waals surface area contributed by atoms with E-state index < -0.39 is 0 Å². The first-order valence-electron chi connectivity index (χ1n) is 10.7. The number of benzene rings is 2. The molecule has 160 valence electrons. The molecule has 0 unspecified atom stereocenters. The van der Waals surface area contributed by atoms with Crippen LogP contribution in [0.1, 0.15) is 49.5 Å². The van der Waals surface area contributed by atoms with E-state index in [0.29, 0.717) is 44.8 Å². The fraction of sp³-hybridized carbons (Fsp3) is 0.440. The summed E-state index contributed by atoms with van der Waals surface area (Å²) in [6.07, 6.45) is 1.13. The number of carbonyl (C=O) groups is 2. The van der Waals surface area contributed by atoms with Crippen molar-refractivity contribution < 1.29 is 14.3 Å². The molecule has 0 radical (unpaired) electrons. The summed E-state index contributed by atoms with van der Waals surface area (Å²) >= 11 is 0. The molecule has 0 aliphatic carbocycles. The molecule has 5 nitrogen and oxygen atoms in total. The van der Waals surface area contributed by atoms with Crippen LogP contribution in [0.25, 0.3) is 0 Å². The van der Waals surface area contributed by atoms with Crippen molar-refractivity contribution in [1.82, 2.24) is 9.80 Å². The van der Waals surface area contributed by atoms with Crippen LogP contribution in [0.4, 0.5) is 0 Å². The number of hydrogen-bond acceptors (Lipinski definition) is 3. The largest absolute Gasteiger partial charge is 0.493 e. The topological polar surface area (TPSA) is 49.9 Å². The first kappa shape index (κ1) is 21.9. The highest BCUT2D eigenvalue weighted by Crippen LogP contribution is 2.22. The van der Waals surface area contributed by atoms with Crippen molar-refractivity contribution in [2.45, 2.75) is 39.0 Å².